The molecular weight excluding hydrogens is 240 g/mol. The van der Waals surface area contributed by atoms with Crippen molar-refractivity contribution in [3.63, 3.8) is 0 Å². The SMILES string of the molecule is CC(C)CNC(=O)c1nn2cccnc2c1Cl. The van der Waals surface area contributed by atoms with Crippen LogP contribution in [0.4, 0.5) is 0 Å². The molecule has 0 fully saturated rings. The highest BCUT2D eigenvalue weighted by Crippen LogP contribution is 2.19. The van der Waals surface area contributed by atoms with Gasteiger partial charge < -0.3 is 5.32 Å². The summed E-state index contributed by atoms with van der Waals surface area (Å²) in [6.45, 7) is 4.64. The second-order valence-electron chi connectivity index (χ2n) is 4.15. The van der Waals surface area contributed by atoms with E-state index in [2.05, 4.69) is 15.4 Å². The van der Waals surface area contributed by atoms with Crippen LogP contribution in [0.1, 0.15) is 24.3 Å². The summed E-state index contributed by atoms with van der Waals surface area (Å²) in [5, 5.41) is 7.16. The van der Waals surface area contributed by atoms with Gasteiger partial charge in [0.2, 0.25) is 0 Å². The van der Waals surface area contributed by atoms with Gasteiger partial charge in [0.1, 0.15) is 5.02 Å². The Hall–Kier alpha value is -1.62. The Kier molecular flexibility index (Phi) is 3.28. The van der Waals surface area contributed by atoms with Crippen LogP contribution in [-0.4, -0.2) is 27.0 Å². The number of carbonyl (C=O) groups excluding carboxylic acids is 1. The second-order valence-corrected chi connectivity index (χ2v) is 4.53. The molecule has 0 aliphatic carbocycles. The molecule has 0 aromatic carbocycles. The van der Waals surface area contributed by atoms with Gasteiger partial charge in [0.15, 0.2) is 11.3 Å². The number of rotatable bonds is 3. The maximum atomic E-state index is 11.8. The van der Waals surface area contributed by atoms with Crippen molar-refractivity contribution in [2.75, 3.05) is 6.54 Å². The third kappa shape index (κ3) is 2.39. The number of hydrogen-bond donors (Lipinski definition) is 1. The first-order valence-electron chi connectivity index (χ1n) is 5.36. The van der Waals surface area contributed by atoms with Crippen molar-refractivity contribution < 1.29 is 4.79 Å². The molecule has 17 heavy (non-hydrogen) atoms. The predicted molar refractivity (Wildman–Crippen MR) is 65.2 cm³/mol. The molecule has 0 spiro atoms. The van der Waals surface area contributed by atoms with Gasteiger partial charge in [-0.05, 0) is 12.0 Å². The number of amides is 1. The van der Waals surface area contributed by atoms with Crippen molar-refractivity contribution in [3.8, 4) is 0 Å². The molecule has 1 N–H and O–H groups in total. The van der Waals surface area contributed by atoms with Crippen molar-refractivity contribution in [3.05, 3.63) is 29.2 Å². The number of hydrogen-bond acceptors (Lipinski definition) is 3. The third-order valence-electron chi connectivity index (χ3n) is 2.23. The summed E-state index contributed by atoms with van der Waals surface area (Å²) in [7, 11) is 0. The highest BCUT2D eigenvalue weighted by molar-refractivity contribution is 6.36. The Morgan fingerprint density at radius 2 is 2.35 bits per heavy atom. The molecule has 1 amide bonds. The number of halogens is 1. The summed E-state index contributed by atoms with van der Waals surface area (Å²) in [5.74, 6) is 0.113. The molecule has 6 heteroatoms. The van der Waals surface area contributed by atoms with Gasteiger partial charge >= 0.3 is 0 Å². The number of nitrogens with zero attached hydrogens (tertiary/aromatic N) is 3. The van der Waals surface area contributed by atoms with Crippen LogP contribution in [0, 0.1) is 5.92 Å². The maximum absolute atomic E-state index is 11.8. The number of aromatic nitrogens is 3. The summed E-state index contributed by atoms with van der Waals surface area (Å²) in [6.07, 6.45) is 3.31. The highest BCUT2D eigenvalue weighted by atomic mass is 35.5. The van der Waals surface area contributed by atoms with Gasteiger partial charge in [0.05, 0.1) is 0 Å². The van der Waals surface area contributed by atoms with Crippen LogP contribution in [0.15, 0.2) is 18.5 Å². The van der Waals surface area contributed by atoms with Crippen LogP contribution in [0.25, 0.3) is 5.65 Å². The van der Waals surface area contributed by atoms with Crippen LogP contribution < -0.4 is 5.32 Å². The predicted octanol–water partition coefficient (Wildman–Crippen LogP) is 1.77. The molecule has 0 aliphatic heterocycles. The fraction of sp³-hybridized carbons (Fsp3) is 0.364. The Balaban J connectivity index is 2.29. The third-order valence-corrected chi connectivity index (χ3v) is 2.57. The molecule has 0 unspecified atom stereocenters. The fourth-order valence-electron chi connectivity index (χ4n) is 1.38. The lowest BCUT2D eigenvalue weighted by Gasteiger charge is -2.05. The minimum absolute atomic E-state index is 0.214. The number of fused-ring (bicyclic) bond motifs is 1. The molecule has 90 valence electrons. The standard InChI is InChI=1S/C11H13ClN4O/c1-7(2)6-14-11(17)9-8(12)10-13-4-3-5-16(10)15-9/h3-5,7H,6H2,1-2H3,(H,14,17). The lowest BCUT2D eigenvalue weighted by Crippen LogP contribution is -2.27. The molecule has 2 aromatic heterocycles. The largest absolute Gasteiger partial charge is 0.350 e. The summed E-state index contributed by atoms with van der Waals surface area (Å²) in [5.41, 5.74) is 0.704. The summed E-state index contributed by atoms with van der Waals surface area (Å²) in [6, 6.07) is 1.73. The summed E-state index contributed by atoms with van der Waals surface area (Å²) >= 11 is 6.06. The van der Waals surface area contributed by atoms with Crippen molar-refractivity contribution in [1.29, 1.82) is 0 Å². The second kappa shape index (κ2) is 4.71. The minimum atomic E-state index is -0.269. The van der Waals surface area contributed by atoms with Crippen molar-refractivity contribution in [2.45, 2.75) is 13.8 Å². The first kappa shape index (κ1) is 11.9. The van der Waals surface area contributed by atoms with Crippen LogP contribution in [0.3, 0.4) is 0 Å². The lowest BCUT2D eigenvalue weighted by atomic mass is 10.2. The van der Waals surface area contributed by atoms with Crippen molar-refractivity contribution in [2.24, 2.45) is 5.92 Å². The Bertz CT molecular complexity index is 549. The van der Waals surface area contributed by atoms with Crippen molar-refractivity contribution >= 4 is 23.2 Å². The smallest absolute Gasteiger partial charge is 0.273 e. The molecule has 2 heterocycles. The fourth-order valence-corrected chi connectivity index (χ4v) is 1.64. The first-order valence-corrected chi connectivity index (χ1v) is 5.74. The Morgan fingerprint density at radius 1 is 1.59 bits per heavy atom. The zero-order valence-electron chi connectivity index (χ0n) is 9.64. The molecule has 0 bridgehead atoms. The Labute approximate surface area is 104 Å². The molecular formula is C11H13ClN4O. The molecule has 5 nitrogen and oxygen atoms in total. The van der Waals surface area contributed by atoms with Gasteiger partial charge in [-0.1, -0.05) is 25.4 Å². The Morgan fingerprint density at radius 3 is 3.00 bits per heavy atom. The van der Waals surface area contributed by atoms with E-state index < -0.39 is 0 Å². The highest BCUT2D eigenvalue weighted by Gasteiger charge is 2.18. The number of carbonyl (C=O) groups is 1. The van der Waals surface area contributed by atoms with E-state index in [1.54, 1.807) is 18.5 Å². The topological polar surface area (TPSA) is 59.3 Å². The maximum Gasteiger partial charge on any atom is 0.273 e. The first-order chi connectivity index (χ1) is 8.09. The monoisotopic (exact) mass is 252 g/mol. The summed E-state index contributed by atoms with van der Waals surface area (Å²) in [4.78, 5) is 15.9. The lowest BCUT2D eigenvalue weighted by molar-refractivity contribution is 0.0944. The zero-order chi connectivity index (χ0) is 12.4. The van der Waals surface area contributed by atoms with Crippen molar-refractivity contribution in [1.82, 2.24) is 19.9 Å². The van der Waals surface area contributed by atoms with E-state index in [1.165, 1.54) is 4.52 Å². The van der Waals surface area contributed by atoms with Gasteiger partial charge in [-0.2, -0.15) is 5.10 Å². The van der Waals surface area contributed by atoms with E-state index in [0.29, 0.717) is 18.1 Å². The zero-order valence-corrected chi connectivity index (χ0v) is 10.4. The van der Waals surface area contributed by atoms with Crippen LogP contribution >= 0.6 is 11.6 Å². The van der Waals surface area contributed by atoms with Gasteiger partial charge in [-0.15, -0.1) is 0 Å². The molecule has 2 rings (SSSR count). The minimum Gasteiger partial charge on any atom is -0.350 e. The molecule has 0 aliphatic rings. The number of nitrogens with one attached hydrogen (secondary N) is 1. The van der Waals surface area contributed by atoms with E-state index in [9.17, 15) is 4.79 Å². The van der Waals surface area contributed by atoms with E-state index >= 15 is 0 Å². The van der Waals surface area contributed by atoms with Gasteiger partial charge in [0.25, 0.3) is 5.91 Å². The van der Waals surface area contributed by atoms with E-state index in [4.69, 9.17) is 11.6 Å². The molecule has 2 aromatic rings. The van der Waals surface area contributed by atoms with Crippen LogP contribution in [-0.2, 0) is 0 Å². The summed E-state index contributed by atoms with van der Waals surface area (Å²) < 4.78 is 1.49. The van der Waals surface area contributed by atoms with Gasteiger partial charge in [0, 0.05) is 18.9 Å². The molecule has 0 atom stereocenters. The van der Waals surface area contributed by atoms with E-state index in [0.717, 1.165) is 0 Å². The normalized spacial score (nSPS) is 11.1. The quantitative estimate of drug-likeness (QED) is 0.906. The van der Waals surface area contributed by atoms with Crippen LogP contribution in [0.2, 0.25) is 5.02 Å². The molecule has 0 radical (unpaired) electrons. The average molecular weight is 253 g/mol. The molecule has 0 saturated carbocycles. The van der Waals surface area contributed by atoms with Gasteiger partial charge in [-0.3, -0.25) is 4.79 Å². The van der Waals surface area contributed by atoms with Crippen LogP contribution in [0.5, 0.6) is 0 Å². The van der Waals surface area contributed by atoms with E-state index in [1.807, 2.05) is 13.8 Å². The van der Waals surface area contributed by atoms with E-state index in [-0.39, 0.29) is 16.6 Å². The van der Waals surface area contributed by atoms with Gasteiger partial charge in [-0.25, -0.2) is 9.50 Å². The molecule has 0 saturated heterocycles. The average Bonchev–Trinajstić information content (AvgIpc) is 2.64.